The molecule has 106 valence electrons. The van der Waals surface area contributed by atoms with Crippen LogP contribution < -0.4 is 5.73 Å². The molecule has 2 rings (SSSR count). The molecule has 19 heavy (non-hydrogen) atoms. The zero-order chi connectivity index (χ0) is 13.8. The first-order chi connectivity index (χ1) is 9.11. The number of piperidine rings is 1. The highest BCUT2D eigenvalue weighted by molar-refractivity contribution is 5.25. The molecular weight excluding hydrogens is 232 g/mol. The highest BCUT2D eigenvalue weighted by Gasteiger charge is 2.26. The molecule has 1 saturated heterocycles. The summed E-state index contributed by atoms with van der Waals surface area (Å²) in [5.74, 6) is 0.607. The summed E-state index contributed by atoms with van der Waals surface area (Å²) in [5.41, 5.74) is 8.99. The zero-order valence-corrected chi connectivity index (χ0v) is 12.6. The Morgan fingerprint density at radius 2 is 2.00 bits per heavy atom. The van der Waals surface area contributed by atoms with Crippen molar-refractivity contribution < 1.29 is 0 Å². The predicted octanol–water partition coefficient (Wildman–Crippen LogP) is 3.37. The monoisotopic (exact) mass is 260 g/mol. The predicted molar refractivity (Wildman–Crippen MR) is 82.2 cm³/mol. The van der Waals surface area contributed by atoms with Crippen LogP contribution in [0.4, 0.5) is 0 Å². The molecule has 2 heteroatoms. The quantitative estimate of drug-likeness (QED) is 0.899. The van der Waals surface area contributed by atoms with Crippen LogP contribution in [0.25, 0.3) is 0 Å². The fraction of sp³-hybridized carbons (Fsp3) is 0.647. The lowest BCUT2D eigenvalue weighted by atomic mass is 9.92. The van der Waals surface area contributed by atoms with Gasteiger partial charge in [-0.05, 0) is 36.8 Å². The molecular formula is C17H28N2. The van der Waals surface area contributed by atoms with Gasteiger partial charge in [-0.2, -0.15) is 0 Å². The van der Waals surface area contributed by atoms with E-state index in [2.05, 4.69) is 49.9 Å². The van der Waals surface area contributed by atoms with Gasteiger partial charge in [0.1, 0.15) is 0 Å². The molecule has 1 aromatic carbocycles. The standard InChI is InChI=1S/C17H28N2/c1-4-5-15-6-8-16(9-7-15)14(3)19-11-10-17(18)13(2)12-19/h6-9,13-14,17H,4-5,10-12,18H2,1-3H3. The van der Waals surface area contributed by atoms with Crippen LogP contribution in [0, 0.1) is 5.92 Å². The van der Waals surface area contributed by atoms with E-state index < -0.39 is 0 Å². The molecule has 1 aromatic rings. The van der Waals surface area contributed by atoms with Crippen LogP contribution >= 0.6 is 0 Å². The van der Waals surface area contributed by atoms with E-state index in [1.807, 2.05) is 0 Å². The summed E-state index contributed by atoms with van der Waals surface area (Å²) in [6.07, 6.45) is 3.53. The van der Waals surface area contributed by atoms with Crippen LogP contribution in [0.5, 0.6) is 0 Å². The Morgan fingerprint density at radius 1 is 1.32 bits per heavy atom. The van der Waals surface area contributed by atoms with Crippen molar-refractivity contribution in [1.29, 1.82) is 0 Å². The third kappa shape index (κ3) is 3.58. The Balaban J connectivity index is 2.00. The summed E-state index contributed by atoms with van der Waals surface area (Å²) in [4.78, 5) is 2.57. The number of likely N-dealkylation sites (tertiary alicyclic amines) is 1. The number of hydrogen-bond donors (Lipinski definition) is 1. The lowest BCUT2D eigenvalue weighted by molar-refractivity contribution is 0.124. The number of nitrogens with two attached hydrogens (primary N) is 1. The second-order valence-electron chi connectivity index (χ2n) is 6.09. The van der Waals surface area contributed by atoms with Crippen LogP contribution in [-0.2, 0) is 6.42 Å². The topological polar surface area (TPSA) is 29.3 Å². The minimum Gasteiger partial charge on any atom is -0.327 e. The van der Waals surface area contributed by atoms with Gasteiger partial charge in [0.25, 0.3) is 0 Å². The van der Waals surface area contributed by atoms with Gasteiger partial charge in [-0.25, -0.2) is 0 Å². The van der Waals surface area contributed by atoms with E-state index in [0.29, 0.717) is 18.0 Å². The first kappa shape index (κ1) is 14.5. The molecule has 1 aliphatic heterocycles. The Kier molecular flexibility index (Phi) is 5.00. The second-order valence-corrected chi connectivity index (χ2v) is 6.09. The molecule has 3 unspecified atom stereocenters. The zero-order valence-electron chi connectivity index (χ0n) is 12.6. The average Bonchev–Trinajstić information content (AvgIpc) is 2.42. The van der Waals surface area contributed by atoms with Crippen molar-refractivity contribution in [2.24, 2.45) is 11.7 Å². The fourth-order valence-corrected chi connectivity index (χ4v) is 3.01. The third-order valence-electron chi connectivity index (χ3n) is 4.55. The molecule has 1 heterocycles. The first-order valence-corrected chi connectivity index (χ1v) is 7.70. The largest absolute Gasteiger partial charge is 0.327 e. The molecule has 0 amide bonds. The maximum atomic E-state index is 6.11. The van der Waals surface area contributed by atoms with E-state index in [4.69, 9.17) is 5.73 Å². The molecule has 2 N–H and O–H groups in total. The van der Waals surface area contributed by atoms with Gasteiger partial charge in [0.15, 0.2) is 0 Å². The van der Waals surface area contributed by atoms with Crippen LogP contribution in [0.3, 0.4) is 0 Å². The highest BCUT2D eigenvalue weighted by atomic mass is 15.2. The SMILES string of the molecule is CCCc1ccc(C(C)N2CCC(N)C(C)C2)cc1. The van der Waals surface area contributed by atoms with E-state index in [-0.39, 0.29) is 0 Å². The molecule has 0 spiro atoms. The lowest BCUT2D eigenvalue weighted by Gasteiger charge is -2.39. The summed E-state index contributed by atoms with van der Waals surface area (Å²) < 4.78 is 0. The number of benzene rings is 1. The molecule has 0 radical (unpaired) electrons. The minimum atomic E-state index is 0.385. The van der Waals surface area contributed by atoms with Crippen LogP contribution in [0.2, 0.25) is 0 Å². The van der Waals surface area contributed by atoms with E-state index >= 15 is 0 Å². The minimum absolute atomic E-state index is 0.385. The fourth-order valence-electron chi connectivity index (χ4n) is 3.01. The van der Waals surface area contributed by atoms with E-state index in [0.717, 1.165) is 19.5 Å². The van der Waals surface area contributed by atoms with Crippen molar-refractivity contribution in [3.8, 4) is 0 Å². The van der Waals surface area contributed by atoms with Gasteiger partial charge in [0.2, 0.25) is 0 Å². The lowest BCUT2D eigenvalue weighted by Crippen LogP contribution is -2.46. The molecule has 2 nitrogen and oxygen atoms in total. The number of nitrogens with zero attached hydrogens (tertiary/aromatic N) is 1. The summed E-state index contributed by atoms with van der Waals surface area (Å²) in [6.45, 7) is 9.07. The summed E-state index contributed by atoms with van der Waals surface area (Å²) >= 11 is 0. The van der Waals surface area contributed by atoms with Crippen molar-refractivity contribution in [3.63, 3.8) is 0 Å². The van der Waals surface area contributed by atoms with Gasteiger partial charge in [-0.3, -0.25) is 4.90 Å². The van der Waals surface area contributed by atoms with E-state index in [9.17, 15) is 0 Å². The molecule has 0 aromatic heterocycles. The Labute approximate surface area is 118 Å². The number of hydrogen-bond acceptors (Lipinski definition) is 2. The Hall–Kier alpha value is -0.860. The summed E-state index contributed by atoms with van der Waals surface area (Å²) in [6, 6.07) is 10.1. The van der Waals surface area contributed by atoms with Crippen molar-refractivity contribution >= 4 is 0 Å². The smallest absolute Gasteiger partial charge is 0.0320 e. The highest BCUT2D eigenvalue weighted by Crippen LogP contribution is 2.26. The molecule has 0 aliphatic carbocycles. The maximum Gasteiger partial charge on any atom is 0.0320 e. The second kappa shape index (κ2) is 6.53. The average molecular weight is 260 g/mol. The molecule has 1 fully saturated rings. The van der Waals surface area contributed by atoms with Gasteiger partial charge in [-0.1, -0.05) is 44.5 Å². The van der Waals surface area contributed by atoms with Crippen molar-refractivity contribution in [2.45, 2.75) is 52.1 Å². The molecule has 3 atom stereocenters. The first-order valence-electron chi connectivity index (χ1n) is 7.70. The van der Waals surface area contributed by atoms with E-state index in [1.54, 1.807) is 0 Å². The van der Waals surface area contributed by atoms with Crippen molar-refractivity contribution in [1.82, 2.24) is 4.90 Å². The Bertz CT molecular complexity index is 385. The molecule has 1 aliphatic rings. The Morgan fingerprint density at radius 3 is 2.58 bits per heavy atom. The van der Waals surface area contributed by atoms with Gasteiger partial charge < -0.3 is 5.73 Å². The van der Waals surface area contributed by atoms with Gasteiger partial charge in [-0.15, -0.1) is 0 Å². The van der Waals surface area contributed by atoms with Crippen LogP contribution in [0.15, 0.2) is 24.3 Å². The van der Waals surface area contributed by atoms with Gasteiger partial charge in [0.05, 0.1) is 0 Å². The number of aryl methyl sites for hydroxylation is 1. The third-order valence-corrected chi connectivity index (χ3v) is 4.55. The maximum absolute atomic E-state index is 6.11. The van der Waals surface area contributed by atoms with Crippen molar-refractivity contribution in [3.05, 3.63) is 35.4 Å². The summed E-state index contributed by atoms with van der Waals surface area (Å²) in [7, 11) is 0. The van der Waals surface area contributed by atoms with Crippen LogP contribution in [0.1, 0.15) is 50.8 Å². The van der Waals surface area contributed by atoms with Gasteiger partial charge in [0, 0.05) is 25.2 Å². The summed E-state index contributed by atoms with van der Waals surface area (Å²) in [5, 5.41) is 0. The normalized spacial score (nSPS) is 26.3. The molecule has 0 saturated carbocycles. The van der Waals surface area contributed by atoms with E-state index in [1.165, 1.54) is 24.0 Å². The molecule has 0 bridgehead atoms. The number of rotatable bonds is 4. The van der Waals surface area contributed by atoms with Crippen molar-refractivity contribution in [2.75, 3.05) is 13.1 Å². The van der Waals surface area contributed by atoms with Crippen LogP contribution in [-0.4, -0.2) is 24.0 Å². The van der Waals surface area contributed by atoms with Gasteiger partial charge >= 0.3 is 0 Å².